The maximum atomic E-state index is 4.01. The van der Waals surface area contributed by atoms with Crippen LogP contribution in [0.2, 0.25) is 0 Å². The minimum atomic E-state index is 0.843. The second-order valence-corrected chi connectivity index (χ2v) is 2.65. The molecule has 3 nitrogen and oxygen atoms in total. The van der Waals surface area contributed by atoms with Gasteiger partial charge in [0, 0.05) is 6.42 Å². The van der Waals surface area contributed by atoms with Gasteiger partial charge in [-0.2, -0.15) is 0 Å². The van der Waals surface area contributed by atoms with Crippen LogP contribution in [0.4, 0.5) is 0 Å². The summed E-state index contributed by atoms with van der Waals surface area (Å²) in [7, 11) is 0. The first kappa shape index (κ1) is 5.77. The summed E-state index contributed by atoms with van der Waals surface area (Å²) in [6, 6.07) is 0. The van der Waals surface area contributed by atoms with Gasteiger partial charge in [-0.3, -0.25) is 0 Å². The van der Waals surface area contributed by atoms with Crippen molar-refractivity contribution in [3.05, 3.63) is 18.5 Å². The van der Waals surface area contributed by atoms with Crippen LogP contribution in [-0.4, -0.2) is 15.0 Å². The SMILES string of the molecule is [c]1ncnc(CC2CC2)n1. The summed E-state index contributed by atoms with van der Waals surface area (Å²) in [5.74, 6) is 1.73. The van der Waals surface area contributed by atoms with E-state index in [1.807, 2.05) is 0 Å². The molecule has 1 aromatic rings. The standard InChI is InChI=1S/C7H8N3/c1-2-6(1)3-7-9-4-8-5-10-7/h4,6H,1-3H2. The van der Waals surface area contributed by atoms with Crippen molar-refractivity contribution in [2.75, 3.05) is 0 Å². The van der Waals surface area contributed by atoms with E-state index >= 15 is 0 Å². The predicted octanol–water partition coefficient (Wildman–Crippen LogP) is 0.624. The molecule has 0 amide bonds. The Labute approximate surface area is 59.5 Å². The third-order valence-electron chi connectivity index (χ3n) is 1.67. The molecule has 0 aromatic carbocycles. The smallest absolute Gasteiger partial charge is 0.201 e. The Morgan fingerprint density at radius 3 is 3.10 bits per heavy atom. The van der Waals surface area contributed by atoms with Crippen LogP contribution in [0.3, 0.4) is 0 Å². The lowest BCUT2D eigenvalue weighted by Crippen LogP contribution is -1.95. The quantitative estimate of drug-likeness (QED) is 0.595. The first-order valence-electron chi connectivity index (χ1n) is 3.49. The highest BCUT2D eigenvalue weighted by atomic mass is 15.0. The topological polar surface area (TPSA) is 38.7 Å². The minimum Gasteiger partial charge on any atom is -0.221 e. The maximum absolute atomic E-state index is 4.01. The fourth-order valence-electron chi connectivity index (χ4n) is 0.915. The molecule has 3 heteroatoms. The molecule has 0 spiro atoms. The fraction of sp³-hybridized carbons (Fsp3) is 0.571. The minimum absolute atomic E-state index is 0.843. The van der Waals surface area contributed by atoms with Gasteiger partial charge in [0.15, 0.2) is 0 Å². The molecule has 1 aliphatic rings. The highest BCUT2D eigenvalue weighted by Gasteiger charge is 2.22. The Kier molecular flexibility index (Phi) is 1.34. The first-order valence-corrected chi connectivity index (χ1v) is 3.49. The van der Waals surface area contributed by atoms with E-state index in [-0.39, 0.29) is 0 Å². The summed E-state index contributed by atoms with van der Waals surface area (Å²) >= 11 is 0. The molecular formula is C7H8N3. The molecule has 10 heavy (non-hydrogen) atoms. The van der Waals surface area contributed by atoms with Gasteiger partial charge in [-0.25, -0.2) is 15.0 Å². The summed E-state index contributed by atoms with van der Waals surface area (Å²) in [6.45, 7) is 0. The first-order chi connectivity index (χ1) is 4.95. The van der Waals surface area contributed by atoms with Crippen LogP contribution in [0, 0.1) is 12.2 Å². The van der Waals surface area contributed by atoms with E-state index in [0.717, 1.165) is 18.2 Å². The molecule has 1 fully saturated rings. The van der Waals surface area contributed by atoms with Crippen molar-refractivity contribution >= 4 is 0 Å². The van der Waals surface area contributed by atoms with Gasteiger partial charge in [0.05, 0.1) is 0 Å². The van der Waals surface area contributed by atoms with E-state index in [4.69, 9.17) is 0 Å². The van der Waals surface area contributed by atoms with E-state index in [9.17, 15) is 0 Å². The van der Waals surface area contributed by atoms with Crippen molar-refractivity contribution in [2.45, 2.75) is 19.3 Å². The fourth-order valence-corrected chi connectivity index (χ4v) is 0.915. The lowest BCUT2D eigenvalue weighted by Gasteiger charge is -1.92. The second-order valence-electron chi connectivity index (χ2n) is 2.65. The monoisotopic (exact) mass is 134 g/mol. The van der Waals surface area contributed by atoms with Crippen LogP contribution in [-0.2, 0) is 6.42 Å². The van der Waals surface area contributed by atoms with Crippen LogP contribution in [0.1, 0.15) is 18.7 Å². The number of hydrogen-bond acceptors (Lipinski definition) is 3. The summed E-state index contributed by atoms with van der Waals surface area (Å²) in [4.78, 5) is 11.5. The largest absolute Gasteiger partial charge is 0.221 e. The molecule has 0 bridgehead atoms. The van der Waals surface area contributed by atoms with E-state index in [1.54, 1.807) is 0 Å². The highest BCUT2D eigenvalue weighted by Crippen LogP contribution is 2.31. The zero-order valence-corrected chi connectivity index (χ0v) is 5.62. The zero-order valence-electron chi connectivity index (χ0n) is 5.62. The van der Waals surface area contributed by atoms with E-state index in [2.05, 4.69) is 21.3 Å². The van der Waals surface area contributed by atoms with Crippen molar-refractivity contribution in [1.29, 1.82) is 0 Å². The molecule has 1 aromatic heterocycles. The Morgan fingerprint density at radius 1 is 1.60 bits per heavy atom. The number of nitrogens with zero attached hydrogens (tertiary/aromatic N) is 3. The number of hydrogen-bond donors (Lipinski definition) is 0. The van der Waals surface area contributed by atoms with Crippen molar-refractivity contribution < 1.29 is 0 Å². The van der Waals surface area contributed by atoms with Crippen LogP contribution >= 0.6 is 0 Å². The van der Waals surface area contributed by atoms with Gasteiger partial charge in [-0.05, 0) is 18.8 Å². The van der Waals surface area contributed by atoms with E-state index < -0.39 is 0 Å². The number of aromatic nitrogens is 3. The average molecular weight is 134 g/mol. The average Bonchev–Trinajstić information content (AvgIpc) is 2.74. The van der Waals surface area contributed by atoms with Gasteiger partial charge in [-0.1, -0.05) is 0 Å². The molecule has 1 heterocycles. The van der Waals surface area contributed by atoms with Gasteiger partial charge < -0.3 is 0 Å². The molecule has 51 valence electrons. The van der Waals surface area contributed by atoms with E-state index in [1.165, 1.54) is 19.2 Å². The van der Waals surface area contributed by atoms with Crippen molar-refractivity contribution in [1.82, 2.24) is 15.0 Å². The van der Waals surface area contributed by atoms with Gasteiger partial charge in [0.2, 0.25) is 6.33 Å². The third kappa shape index (κ3) is 1.29. The van der Waals surface area contributed by atoms with Crippen LogP contribution < -0.4 is 0 Å². The summed E-state index contributed by atoms with van der Waals surface area (Å²) in [6.07, 6.45) is 7.73. The van der Waals surface area contributed by atoms with Crippen molar-refractivity contribution in [3.8, 4) is 0 Å². The molecule has 1 radical (unpaired) electrons. The molecule has 0 atom stereocenters. The number of rotatable bonds is 2. The van der Waals surface area contributed by atoms with Crippen molar-refractivity contribution in [3.63, 3.8) is 0 Å². The van der Waals surface area contributed by atoms with Gasteiger partial charge in [0.1, 0.15) is 12.2 Å². The second kappa shape index (κ2) is 2.33. The van der Waals surface area contributed by atoms with Gasteiger partial charge >= 0.3 is 0 Å². The Bertz CT molecular complexity index is 205. The third-order valence-corrected chi connectivity index (χ3v) is 1.67. The Hall–Kier alpha value is -0.990. The van der Waals surface area contributed by atoms with E-state index in [0.29, 0.717) is 0 Å². The summed E-state index contributed by atoms with van der Waals surface area (Å²) in [5.41, 5.74) is 0. The Balaban J connectivity index is 2.03. The molecule has 0 aliphatic heterocycles. The Morgan fingerprint density at radius 2 is 2.50 bits per heavy atom. The molecule has 1 aliphatic carbocycles. The van der Waals surface area contributed by atoms with Crippen LogP contribution in [0.5, 0.6) is 0 Å². The molecular weight excluding hydrogens is 126 g/mol. The summed E-state index contributed by atoms with van der Waals surface area (Å²) < 4.78 is 0. The maximum Gasteiger partial charge on any atom is 0.201 e. The molecule has 1 saturated carbocycles. The highest BCUT2D eigenvalue weighted by molar-refractivity contribution is 4.88. The van der Waals surface area contributed by atoms with Gasteiger partial charge in [-0.15, -0.1) is 0 Å². The predicted molar refractivity (Wildman–Crippen MR) is 35.1 cm³/mol. The molecule has 0 saturated heterocycles. The van der Waals surface area contributed by atoms with Crippen LogP contribution in [0.25, 0.3) is 0 Å². The van der Waals surface area contributed by atoms with Crippen LogP contribution in [0.15, 0.2) is 6.33 Å². The molecule has 0 unspecified atom stereocenters. The summed E-state index contributed by atoms with van der Waals surface area (Å²) in [5, 5.41) is 0. The lowest BCUT2D eigenvalue weighted by atomic mass is 10.3. The normalized spacial score (nSPS) is 17.2. The van der Waals surface area contributed by atoms with Gasteiger partial charge in [0.25, 0.3) is 0 Å². The molecule has 0 N–H and O–H groups in total. The molecule has 2 rings (SSSR count). The zero-order chi connectivity index (χ0) is 6.81. The lowest BCUT2D eigenvalue weighted by molar-refractivity contribution is 0.756. The van der Waals surface area contributed by atoms with Crippen molar-refractivity contribution in [2.24, 2.45) is 5.92 Å².